The number of para-hydroxylation sites is 2. The molecule has 28 heavy (non-hydrogen) atoms. The molecule has 0 spiro atoms. The van der Waals surface area contributed by atoms with Gasteiger partial charge in [0.25, 0.3) is 0 Å². The Morgan fingerprint density at radius 1 is 1.00 bits per heavy atom. The van der Waals surface area contributed by atoms with Crippen LogP contribution in [0.15, 0.2) is 60.9 Å². The first-order valence-electron chi connectivity index (χ1n) is 9.72. The highest BCUT2D eigenvalue weighted by Crippen LogP contribution is 2.24. The Bertz CT molecular complexity index is 1080. The third kappa shape index (κ3) is 3.83. The lowest BCUT2D eigenvalue weighted by atomic mass is 10.1. The highest BCUT2D eigenvalue weighted by Gasteiger charge is 2.07. The fourth-order valence-corrected chi connectivity index (χ4v) is 3.49. The monoisotopic (exact) mass is 371 g/mol. The summed E-state index contributed by atoms with van der Waals surface area (Å²) in [5, 5.41) is 8.08. The minimum Gasteiger partial charge on any atom is -0.370 e. The quantitative estimate of drug-likeness (QED) is 0.416. The summed E-state index contributed by atoms with van der Waals surface area (Å²) < 4.78 is 0. The van der Waals surface area contributed by atoms with Crippen molar-refractivity contribution < 1.29 is 0 Å². The second-order valence-electron chi connectivity index (χ2n) is 6.89. The van der Waals surface area contributed by atoms with Crippen LogP contribution in [0, 0.1) is 6.92 Å². The number of aromatic amines is 1. The molecular weight excluding hydrogens is 346 g/mol. The maximum Gasteiger partial charge on any atom is 0.229 e. The highest BCUT2D eigenvalue weighted by atomic mass is 15.1. The van der Waals surface area contributed by atoms with Crippen molar-refractivity contribution in [1.29, 1.82) is 0 Å². The fourth-order valence-electron chi connectivity index (χ4n) is 3.49. The van der Waals surface area contributed by atoms with E-state index in [1.807, 2.05) is 6.07 Å². The van der Waals surface area contributed by atoms with Crippen LogP contribution in [0.5, 0.6) is 0 Å². The minimum atomic E-state index is 0.612. The molecule has 0 radical (unpaired) electrons. The molecule has 2 aromatic carbocycles. The van der Waals surface area contributed by atoms with Gasteiger partial charge in [-0.2, -0.15) is 4.98 Å². The largest absolute Gasteiger partial charge is 0.370 e. The van der Waals surface area contributed by atoms with E-state index in [-0.39, 0.29) is 0 Å². The van der Waals surface area contributed by atoms with Crippen molar-refractivity contribution in [2.24, 2.45) is 0 Å². The summed E-state index contributed by atoms with van der Waals surface area (Å²) in [4.78, 5) is 12.3. The Balaban J connectivity index is 1.43. The van der Waals surface area contributed by atoms with Gasteiger partial charge in [-0.15, -0.1) is 0 Å². The molecule has 0 atom stereocenters. The molecule has 0 amide bonds. The first-order valence-corrected chi connectivity index (χ1v) is 9.72. The first kappa shape index (κ1) is 18.0. The molecule has 0 saturated heterocycles. The smallest absolute Gasteiger partial charge is 0.229 e. The van der Waals surface area contributed by atoms with Gasteiger partial charge in [-0.1, -0.05) is 43.3 Å². The van der Waals surface area contributed by atoms with Crippen LogP contribution in [0.4, 0.5) is 17.5 Å². The van der Waals surface area contributed by atoms with E-state index in [9.17, 15) is 0 Å². The topological polar surface area (TPSA) is 65.6 Å². The van der Waals surface area contributed by atoms with Crippen molar-refractivity contribution in [1.82, 2.24) is 15.0 Å². The summed E-state index contributed by atoms with van der Waals surface area (Å²) in [5.74, 6) is 1.44. The van der Waals surface area contributed by atoms with Crippen molar-refractivity contribution in [3.05, 3.63) is 77.6 Å². The number of rotatable bonds is 7. The summed E-state index contributed by atoms with van der Waals surface area (Å²) in [5.41, 5.74) is 6.04. The Labute approximate surface area is 165 Å². The summed E-state index contributed by atoms with van der Waals surface area (Å²) in [6.45, 7) is 5.07. The van der Waals surface area contributed by atoms with Gasteiger partial charge in [0.1, 0.15) is 5.82 Å². The summed E-state index contributed by atoms with van der Waals surface area (Å²) in [6, 6.07) is 16.6. The van der Waals surface area contributed by atoms with E-state index < -0.39 is 0 Å². The number of aryl methyl sites for hydroxylation is 2. The maximum atomic E-state index is 4.62. The van der Waals surface area contributed by atoms with Crippen molar-refractivity contribution in [3.8, 4) is 0 Å². The number of anilines is 3. The van der Waals surface area contributed by atoms with Crippen LogP contribution < -0.4 is 10.6 Å². The van der Waals surface area contributed by atoms with Crippen LogP contribution in [-0.4, -0.2) is 21.5 Å². The number of nitrogens with one attached hydrogen (secondary N) is 3. The zero-order valence-electron chi connectivity index (χ0n) is 16.3. The van der Waals surface area contributed by atoms with E-state index >= 15 is 0 Å². The minimum absolute atomic E-state index is 0.612. The van der Waals surface area contributed by atoms with E-state index in [2.05, 4.69) is 88.1 Å². The fraction of sp³-hybridized carbons (Fsp3) is 0.217. The number of H-pyrrole nitrogens is 1. The van der Waals surface area contributed by atoms with E-state index in [1.165, 1.54) is 27.6 Å². The normalized spacial score (nSPS) is 10.9. The number of hydrogen-bond donors (Lipinski definition) is 3. The molecule has 0 aliphatic rings. The predicted molar refractivity (Wildman–Crippen MR) is 116 cm³/mol. The molecule has 5 heteroatoms. The average molecular weight is 371 g/mol. The molecule has 0 aliphatic carbocycles. The van der Waals surface area contributed by atoms with Gasteiger partial charge < -0.3 is 15.6 Å². The van der Waals surface area contributed by atoms with Crippen molar-refractivity contribution >= 4 is 28.4 Å². The van der Waals surface area contributed by atoms with Crippen molar-refractivity contribution in [2.45, 2.75) is 26.7 Å². The Morgan fingerprint density at radius 2 is 1.89 bits per heavy atom. The van der Waals surface area contributed by atoms with Crippen molar-refractivity contribution in [2.75, 3.05) is 17.2 Å². The second-order valence-corrected chi connectivity index (χ2v) is 6.89. The third-order valence-corrected chi connectivity index (χ3v) is 5.01. The number of nitrogens with zero attached hydrogens (tertiary/aromatic N) is 2. The Morgan fingerprint density at radius 3 is 2.79 bits per heavy atom. The van der Waals surface area contributed by atoms with Gasteiger partial charge in [0, 0.05) is 35.5 Å². The molecule has 0 bridgehead atoms. The van der Waals surface area contributed by atoms with Crippen LogP contribution in [0.3, 0.4) is 0 Å². The zero-order valence-corrected chi connectivity index (χ0v) is 16.3. The van der Waals surface area contributed by atoms with Crippen LogP contribution in [0.2, 0.25) is 0 Å². The molecular formula is C23H25N5. The van der Waals surface area contributed by atoms with Gasteiger partial charge in [-0.25, -0.2) is 4.98 Å². The van der Waals surface area contributed by atoms with E-state index in [0.29, 0.717) is 5.95 Å². The number of hydrogen-bond acceptors (Lipinski definition) is 4. The summed E-state index contributed by atoms with van der Waals surface area (Å²) in [7, 11) is 0. The second kappa shape index (κ2) is 8.13. The van der Waals surface area contributed by atoms with E-state index in [1.54, 1.807) is 6.20 Å². The van der Waals surface area contributed by atoms with Gasteiger partial charge >= 0.3 is 0 Å². The van der Waals surface area contributed by atoms with Crippen LogP contribution in [0.1, 0.15) is 23.6 Å². The molecule has 4 rings (SSSR count). The lowest BCUT2D eigenvalue weighted by Gasteiger charge is -2.13. The SMILES string of the molecule is CCc1cccc(C)c1Nc1nccc(NCCc2c[nH]c3ccccc23)n1. The molecule has 2 aromatic heterocycles. The number of benzene rings is 2. The highest BCUT2D eigenvalue weighted by molar-refractivity contribution is 5.83. The predicted octanol–water partition coefficient (Wildman–Crippen LogP) is 5.23. The summed E-state index contributed by atoms with van der Waals surface area (Å²) >= 11 is 0. The van der Waals surface area contributed by atoms with Crippen LogP contribution in [-0.2, 0) is 12.8 Å². The van der Waals surface area contributed by atoms with Gasteiger partial charge in [0.15, 0.2) is 0 Å². The number of aromatic nitrogens is 3. The molecule has 0 saturated carbocycles. The molecule has 2 heterocycles. The molecule has 5 nitrogen and oxygen atoms in total. The molecule has 0 aliphatic heterocycles. The van der Waals surface area contributed by atoms with Gasteiger partial charge in [-0.3, -0.25) is 0 Å². The van der Waals surface area contributed by atoms with Crippen LogP contribution >= 0.6 is 0 Å². The van der Waals surface area contributed by atoms with E-state index in [4.69, 9.17) is 0 Å². The van der Waals surface area contributed by atoms with Gasteiger partial charge in [-0.05, 0) is 48.6 Å². The molecule has 0 unspecified atom stereocenters. The van der Waals surface area contributed by atoms with Gasteiger partial charge in [0.05, 0.1) is 0 Å². The lowest BCUT2D eigenvalue weighted by Crippen LogP contribution is -2.08. The Hall–Kier alpha value is -3.34. The molecule has 3 N–H and O–H groups in total. The van der Waals surface area contributed by atoms with Crippen LogP contribution in [0.25, 0.3) is 10.9 Å². The third-order valence-electron chi connectivity index (χ3n) is 5.01. The van der Waals surface area contributed by atoms with E-state index in [0.717, 1.165) is 30.9 Å². The standard InChI is InChI=1S/C23H25N5/c1-3-17-8-6-7-16(2)22(17)28-23-25-14-12-21(27-23)24-13-11-18-15-26-20-10-5-4-9-19(18)20/h4-10,12,14-15,26H,3,11,13H2,1-2H3,(H2,24,25,27,28). The zero-order chi connectivity index (χ0) is 19.3. The average Bonchev–Trinajstić information content (AvgIpc) is 3.13. The first-order chi connectivity index (χ1) is 13.7. The maximum absolute atomic E-state index is 4.62. The Kier molecular flexibility index (Phi) is 5.24. The molecule has 0 fully saturated rings. The number of fused-ring (bicyclic) bond motifs is 1. The molecule has 142 valence electrons. The van der Waals surface area contributed by atoms with Crippen molar-refractivity contribution in [3.63, 3.8) is 0 Å². The van der Waals surface area contributed by atoms with Gasteiger partial charge in [0.2, 0.25) is 5.95 Å². The lowest BCUT2D eigenvalue weighted by molar-refractivity contribution is 1.01. The molecule has 4 aromatic rings. The summed E-state index contributed by atoms with van der Waals surface area (Å²) in [6.07, 6.45) is 5.76.